The van der Waals surface area contributed by atoms with Crippen molar-refractivity contribution >= 4 is 5.91 Å². The molecular weight excluding hydrogens is 204 g/mol. The Morgan fingerprint density at radius 2 is 2.56 bits per heavy atom. The van der Waals surface area contributed by atoms with Gasteiger partial charge in [-0.3, -0.25) is 4.79 Å². The number of hydrogen-bond donors (Lipinski definition) is 2. The molecule has 2 rings (SSSR count). The van der Waals surface area contributed by atoms with Gasteiger partial charge in [-0.1, -0.05) is 0 Å². The number of hydrogen-bond acceptors (Lipinski definition) is 3. The highest BCUT2D eigenvalue weighted by molar-refractivity contribution is 5.82. The average molecular weight is 222 g/mol. The average Bonchev–Trinajstić information content (AvgIpc) is 2.85. The number of amides is 1. The van der Waals surface area contributed by atoms with Crippen molar-refractivity contribution in [2.75, 3.05) is 13.1 Å². The van der Waals surface area contributed by atoms with E-state index in [0.29, 0.717) is 6.54 Å². The monoisotopic (exact) mass is 222 g/mol. The molecule has 16 heavy (non-hydrogen) atoms. The number of aryl methyl sites for hydroxylation is 1. The first kappa shape index (κ1) is 11.1. The summed E-state index contributed by atoms with van der Waals surface area (Å²) in [5, 5.41) is 6.16. The summed E-state index contributed by atoms with van der Waals surface area (Å²) in [6.45, 7) is 4.18. The molecule has 1 amide bonds. The van der Waals surface area contributed by atoms with Crippen LogP contribution in [0, 0.1) is 5.41 Å². The van der Waals surface area contributed by atoms with Gasteiger partial charge >= 0.3 is 0 Å². The van der Waals surface area contributed by atoms with Crippen molar-refractivity contribution in [1.29, 1.82) is 0 Å². The highest BCUT2D eigenvalue weighted by atomic mass is 16.2. The molecule has 5 nitrogen and oxygen atoms in total. The van der Waals surface area contributed by atoms with Crippen molar-refractivity contribution in [1.82, 2.24) is 20.2 Å². The van der Waals surface area contributed by atoms with Crippen LogP contribution in [-0.4, -0.2) is 28.5 Å². The Morgan fingerprint density at radius 1 is 1.75 bits per heavy atom. The number of aromatic nitrogens is 2. The van der Waals surface area contributed by atoms with Gasteiger partial charge in [-0.2, -0.15) is 0 Å². The van der Waals surface area contributed by atoms with Gasteiger partial charge in [0.2, 0.25) is 5.91 Å². The Bertz CT molecular complexity index is 379. The lowest BCUT2D eigenvalue weighted by Gasteiger charge is -2.21. The summed E-state index contributed by atoms with van der Waals surface area (Å²) in [7, 11) is 1.92. The van der Waals surface area contributed by atoms with E-state index in [1.54, 1.807) is 6.20 Å². The van der Waals surface area contributed by atoms with Gasteiger partial charge < -0.3 is 15.2 Å². The van der Waals surface area contributed by atoms with Gasteiger partial charge in [-0.15, -0.1) is 0 Å². The van der Waals surface area contributed by atoms with Crippen LogP contribution in [-0.2, 0) is 18.4 Å². The van der Waals surface area contributed by atoms with E-state index in [1.807, 2.05) is 24.7 Å². The highest BCUT2D eigenvalue weighted by Gasteiger charge is 2.35. The zero-order valence-corrected chi connectivity index (χ0v) is 9.79. The molecule has 1 atom stereocenters. The second kappa shape index (κ2) is 4.25. The Morgan fingerprint density at radius 3 is 3.12 bits per heavy atom. The molecule has 0 saturated carbocycles. The van der Waals surface area contributed by atoms with Crippen LogP contribution in [0.1, 0.15) is 19.2 Å². The number of carbonyl (C=O) groups is 1. The molecule has 1 saturated heterocycles. The van der Waals surface area contributed by atoms with Gasteiger partial charge in [0.15, 0.2) is 0 Å². The van der Waals surface area contributed by atoms with Crippen LogP contribution >= 0.6 is 0 Å². The normalized spacial score (nSPS) is 24.6. The first-order chi connectivity index (χ1) is 7.62. The lowest BCUT2D eigenvalue weighted by atomic mass is 9.89. The summed E-state index contributed by atoms with van der Waals surface area (Å²) in [6, 6.07) is 0. The van der Waals surface area contributed by atoms with Gasteiger partial charge in [0.25, 0.3) is 0 Å². The number of nitrogens with one attached hydrogen (secondary N) is 2. The predicted octanol–water partition coefficient (Wildman–Crippen LogP) is 0.0359. The van der Waals surface area contributed by atoms with E-state index in [-0.39, 0.29) is 11.3 Å². The van der Waals surface area contributed by atoms with Gasteiger partial charge in [-0.05, 0) is 19.9 Å². The maximum absolute atomic E-state index is 12.0. The Labute approximate surface area is 95.2 Å². The van der Waals surface area contributed by atoms with Gasteiger partial charge in [0.1, 0.15) is 5.82 Å². The van der Waals surface area contributed by atoms with Crippen molar-refractivity contribution in [3.05, 3.63) is 18.2 Å². The minimum absolute atomic E-state index is 0.112. The molecule has 1 aromatic rings. The predicted molar refractivity (Wildman–Crippen MR) is 60.6 cm³/mol. The summed E-state index contributed by atoms with van der Waals surface area (Å²) in [6.07, 6.45) is 4.51. The third-order valence-corrected chi connectivity index (χ3v) is 3.24. The molecule has 1 unspecified atom stereocenters. The molecule has 0 aliphatic carbocycles. The van der Waals surface area contributed by atoms with E-state index in [1.165, 1.54) is 0 Å². The van der Waals surface area contributed by atoms with Gasteiger partial charge in [0.05, 0.1) is 12.0 Å². The number of nitrogens with zero attached hydrogens (tertiary/aromatic N) is 2. The topological polar surface area (TPSA) is 59.0 Å². The van der Waals surface area contributed by atoms with Crippen molar-refractivity contribution in [2.24, 2.45) is 12.5 Å². The van der Waals surface area contributed by atoms with Crippen LogP contribution < -0.4 is 10.6 Å². The molecular formula is C11H18N4O. The highest BCUT2D eigenvalue weighted by Crippen LogP contribution is 2.24. The summed E-state index contributed by atoms with van der Waals surface area (Å²) in [4.78, 5) is 16.2. The second-order valence-corrected chi connectivity index (χ2v) is 4.62. The fraction of sp³-hybridized carbons (Fsp3) is 0.636. The molecule has 1 fully saturated rings. The largest absolute Gasteiger partial charge is 0.348 e. The van der Waals surface area contributed by atoms with Gasteiger partial charge in [0, 0.05) is 26.0 Å². The van der Waals surface area contributed by atoms with Gasteiger partial charge in [-0.25, -0.2) is 4.98 Å². The number of imidazole rings is 1. The van der Waals surface area contributed by atoms with Crippen LogP contribution in [0.3, 0.4) is 0 Å². The third-order valence-electron chi connectivity index (χ3n) is 3.24. The molecule has 2 heterocycles. The smallest absolute Gasteiger partial charge is 0.227 e. The molecule has 1 aromatic heterocycles. The van der Waals surface area contributed by atoms with Crippen molar-refractivity contribution in [2.45, 2.75) is 19.9 Å². The zero-order valence-electron chi connectivity index (χ0n) is 9.79. The molecule has 1 aliphatic heterocycles. The Hall–Kier alpha value is -1.36. The standard InChI is InChI=1S/C11H18N4O/c1-11(3-4-12-8-11)10(16)14-7-9-13-5-6-15(9)2/h5-6,12H,3-4,7-8H2,1-2H3,(H,14,16). The summed E-state index contributed by atoms with van der Waals surface area (Å²) >= 11 is 0. The fourth-order valence-electron chi connectivity index (χ4n) is 1.95. The molecule has 0 spiro atoms. The minimum Gasteiger partial charge on any atom is -0.348 e. The van der Waals surface area contributed by atoms with Crippen LogP contribution in [0.4, 0.5) is 0 Å². The Kier molecular flexibility index (Phi) is 2.96. The molecule has 1 aliphatic rings. The van der Waals surface area contributed by atoms with E-state index in [4.69, 9.17) is 0 Å². The van der Waals surface area contributed by atoms with E-state index < -0.39 is 0 Å². The summed E-state index contributed by atoms with van der Waals surface area (Å²) in [5.41, 5.74) is -0.259. The second-order valence-electron chi connectivity index (χ2n) is 4.62. The lowest BCUT2D eigenvalue weighted by Crippen LogP contribution is -2.40. The maximum atomic E-state index is 12.0. The number of rotatable bonds is 3. The van der Waals surface area contributed by atoms with E-state index >= 15 is 0 Å². The lowest BCUT2D eigenvalue weighted by molar-refractivity contribution is -0.129. The molecule has 2 N–H and O–H groups in total. The third kappa shape index (κ3) is 2.09. The minimum atomic E-state index is -0.259. The van der Waals surface area contributed by atoms with Crippen LogP contribution in [0.15, 0.2) is 12.4 Å². The first-order valence-corrected chi connectivity index (χ1v) is 5.57. The molecule has 0 aromatic carbocycles. The van der Waals surface area contributed by atoms with E-state index in [2.05, 4.69) is 15.6 Å². The molecule has 0 bridgehead atoms. The molecule has 88 valence electrons. The first-order valence-electron chi connectivity index (χ1n) is 5.57. The molecule has 5 heteroatoms. The molecule has 0 radical (unpaired) electrons. The summed E-state index contributed by atoms with van der Waals surface area (Å²) < 4.78 is 1.91. The van der Waals surface area contributed by atoms with E-state index in [9.17, 15) is 4.79 Å². The van der Waals surface area contributed by atoms with Crippen LogP contribution in [0.25, 0.3) is 0 Å². The fourth-order valence-corrected chi connectivity index (χ4v) is 1.95. The maximum Gasteiger partial charge on any atom is 0.227 e. The van der Waals surface area contributed by atoms with E-state index in [0.717, 1.165) is 25.3 Å². The van der Waals surface area contributed by atoms with Crippen molar-refractivity contribution in [3.63, 3.8) is 0 Å². The van der Waals surface area contributed by atoms with Crippen LogP contribution in [0.2, 0.25) is 0 Å². The SMILES string of the molecule is Cn1ccnc1CNC(=O)C1(C)CCNC1. The number of carbonyl (C=O) groups excluding carboxylic acids is 1. The summed E-state index contributed by atoms with van der Waals surface area (Å²) in [5.74, 6) is 0.989. The van der Waals surface area contributed by atoms with Crippen molar-refractivity contribution < 1.29 is 4.79 Å². The van der Waals surface area contributed by atoms with Crippen LogP contribution in [0.5, 0.6) is 0 Å². The zero-order chi connectivity index (χ0) is 11.6. The quantitative estimate of drug-likeness (QED) is 0.759. The van der Waals surface area contributed by atoms with Crippen molar-refractivity contribution in [3.8, 4) is 0 Å². The Balaban J connectivity index is 1.91.